The Morgan fingerprint density at radius 2 is 1.81 bits per heavy atom. The molecule has 3 N–H and O–H groups in total. The number of carbonyl (C=O) groups excluding carboxylic acids is 1. The van der Waals surface area contributed by atoms with E-state index in [1.54, 1.807) is 12.1 Å². The largest absolute Gasteiger partial charge is 0.399 e. The number of anilines is 1. The number of likely N-dealkylation sites (tertiary alicyclic amines) is 1. The molecule has 2 aliphatic rings. The molecule has 1 amide bonds. The molecular formula is C15H23Cl2N3O. The van der Waals surface area contributed by atoms with E-state index in [4.69, 9.17) is 5.73 Å². The monoisotopic (exact) mass is 331 g/mol. The fourth-order valence-electron chi connectivity index (χ4n) is 2.80. The molecule has 4 nitrogen and oxygen atoms in total. The van der Waals surface area contributed by atoms with Crippen molar-refractivity contribution in [3.05, 3.63) is 29.8 Å². The van der Waals surface area contributed by atoms with Crippen LogP contribution in [0.3, 0.4) is 0 Å². The molecule has 0 aromatic heterocycles. The summed E-state index contributed by atoms with van der Waals surface area (Å²) in [5.74, 6) is -0.00262. The lowest BCUT2D eigenvalue weighted by Crippen LogP contribution is -2.45. The van der Waals surface area contributed by atoms with E-state index in [9.17, 15) is 4.79 Å². The maximum absolute atomic E-state index is 12.1. The van der Waals surface area contributed by atoms with Crippen molar-refractivity contribution in [2.75, 3.05) is 18.8 Å². The molecule has 0 radical (unpaired) electrons. The number of nitrogen functional groups attached to an aromatic ring is 1. The van der Waals surface area contributed by atoms with Crippen LogP contribution in [0.4, 0.5) is 5.69 Å². The van der Waals surface area contributed by atoms with Crippen molar-refractivity contribution in [2.24, 2.45) is 0 Å². The Morgan fingerprint density at radius 3 is 2.38 bits per heavy atom. The van der Waals surface area contributed by atoms with Crippen molar-refractivity contribution in [1.29, 1.82) is 0 Å². The highest BCUT2D eigenvalue weighted by molar-refractivity contribution is 5.95. The van der Waals surface area contributed by atoms with Gasteiger partial charge in [0.2, 0.25) is 0 Å². The molecule has 1 aliphatic carbocycles. The zero-order valence-corrected chi connectivity index (χ0v) is 13.6. The molecule has 0 bridgehead atoms. The molecule has 1 saturated carbocycles. The fraction of sp³-hybridized carbons (Fsp3) is 0.533. The smallest absolute Gasteiger partial charge is 0.251 e. The zero-order chi connectivity index (χ0) is 13.2. The number of piperidine rings is 1. The van der Waals surface area contributed by atoms with E-state index in [1.807, 2.05) is 12.1 Å². The number of hydrogen-bond donors (Lipinski definition) is 2. The number of nitrogens with zero attached hydrogens (tertiary/aromatic N) is 1. The molecular weight excluding hydrogens is 309 g/mol. The fourth-order valence-corrected chi connectivity index (χ4v) is 2.80. The van der Waals surface area contributed by atoms with E-state index in [2.05, 4.69) is 10.2 Å². The highest BCUT2D eigenvalue weighted by Crippen LogP contribution is 2.29. The van der Waals surface area contributed by atoms with Gasteiger partial charge in [0.15, 0.2) is 0 Å². The summed E-state index contributed by atoms with van der Waals surface area (Å²) in [4.78, 5) is 14.7. The van der Waals surface area contributed by atoms with Gasteiger partial charge in [0.1, 0.15) is 0 Å². The maximum Gasteiger partial charge on any atom is 0.251 e. The Labute approximate surface area is 138 Å². The summed E-state index contributed by atoms with van der Waals surface area (Å²) in [5.41, 5.74) is 6.99. The molecule has 3 rings (SSSR count). The van der Waals surface area contributed by atoms with Gasteiger partial charge >= 0.3 is 0 Å². The molecule has 21 heavy (non-hydrogen) atoms. The first-order valence-corrected chi connectivity index (χ1v) is 7.13. The van der Waals surface area contributed by atoms with Gasteiger partial charge in [0, 0.05) is 36.4 Å². The lowest BCUT2D eigenvalue weighted by Gasteiger charge is -2.32. The standard InChI is InChI=1S/C15H21N3O.2ClH/c16-12-3-1-2-11(10-12)15(19)17-13-6-8-18(9-7-13)14-4-5-14;;/h1-3,10,13-14H,4-9,16H2,(H,17,19);2*1H. The molecule has 0 spiro atoms. The Morgan fingerprint density at radius 1 is 1.14 bits per heavy atom. The average Bonchev–Trinajstić information content (AvgIpc) is 3.24. The van der Waals surface area contributed by atoms with Crippen LogP contribution in [0.2, 0.25) is 0 Å². The minimum Gasteiger partial charge on any atom is -0.399 e. The van der Waals surface area contributed by atoms with E-state index in [0.717, 1.165) is 32.0 Å². The van der Waals surface area contributed by atoms with Gasteiger partial charge < -0.3 is 16.0 Å². The lowest BCUT2D eigenvalue weighted by atomic mass is 10.0. The second-order valence-corrected chi connectivity index (χ2v) is 5.64. The summed E-state index contributed by atoms with van der Waals surface area (Å²) in [6, 6.07) is 8.30. The Balaban J connectivity index is 0.00000110. The van der Waals surface area contributed by atoms with E-state index in [0.29, 0.717) is 17.3 Å². The molecule has 0 atom stereocenters. The van der Waals surface area contributed by atoms with Crippen LogP contribution in [0, 0.1) is 0 Å². The number of carbonyl (C=O) groups is 1. The Kier molecular flexibility index (Phi) is 6.78. The number of hydrogen-bond acceptors (Lipinski definition) is 3. The first-order valence-electron chi connectivity index (χ1n) is 7.13. The molecule has 1 aliphatic heterocycles. The van der Waals surface area contributed by atoms with Crippen molar-refractivity contribution in [3.63, 3.8) is 0 Å². The molecule has 1 aromatic carbocycles. The van der Waals surface area contributed by atoms with Gasteiger partial charge in [-0.05, 0) is 43.9 Å². The predicted octanol–water partition coefficient (Wildman–Crippen LogP) is 2.47. The van der Waals surface area contributed by atoms with E-state index >= 15 is 0 Å². The Bertz CT molecular complexity index is 472. The summed E-state index contributed by atoms with van der Waals surface area (Å²) >= 11 is 0. The van der Waals surface area contributed by atoms with Crippen LogP contribution in [-0.4, -0.2) is 36.0 Å². The number of halogens is 2. The topological polar surface area (TPSA) is 58.4 Å². The highest BCUT2D eigenvalue weighted by atomic mass is 35.5. The van der Waals surface area contributed by atoms with E-state index < -0.39 is 0 Å². The number of nitrogens with one attached hydrogen (secondary N) is 1. The molecule has 2 fully saturated rings. The zero-order valence-electron chi connectivity index (χ0n) is 12.0. The van der Waals surface area contributed by atoms with E-state index in [-0.39, 0.29) is 30.7 Å². The maximum atomic E-state index is 12.1. The van der Waals surface area contributed by atoms with Gasteiger partial charge in [0.05, 0.1) is 0 Å². The highest BCUT2D eigenvalue weighted by Gasteiger charge is 2.32. The number of benzene rings is 1. The third kappa shape index (κ3) is 4.77. The normalized spacial score (nSPS) is 19.2. The van der Waals surface area contributed by atoms with Crippen molar-refractivity contribution in [1.82, 2.24) is 10.2 Å². The quantitative estimate of drug-likeness (QED) is 0.836. The predicted molar refractivity (Wildman–Crippen MR) is 90.4 cm³/mol. The van der Waals surface area contributed by atoms with E-state index in [1.165, 1.54) is 12.8 Å². The van der Waals surface area contributed by atoms with Crippen LogP contribution in [-0.2, 0) is 0 Å². The minimum absolute atomic E-state index is 0. The summed E-state index contributed by atoms with van der Waals surface area (Å²) < 4.78 is 0. The van der Waals surface area contributed by atoms with Crippen LogP contribution >= 0.6 is 24.8 Å². The Hall–Kier alpha value is -0.970. The average molecular weight is 332 g/mol. The number of rotatable bonds is 3. The van der Waals surface area contributed by atoms with Crippen LogP contribution in [0.25, 0.3) is 0 Å². The van der Waals surface area contributed by atoms with Gasteiger partial charge in [0.25, 0.3) is 5.91 Å². The van der Waals surface area contributed by atoms with Crippen molar-refractivity contribution in [2.45, 2.75) is 37.8 Å². The van der Waals surface area contributed by atoms with Crippen molar-refractivity contribution in [3.8, 4) is 0 Å². The first-order chi connectivity index (χ1) is 9.22. The van der Waals surface area contributed by atoms with Crippen LogP contribution in [0.15, 0.2) is 24.3 Å². The van der Waals surface area contributed by atoms with Crippen molar-refractivity contribution >= 4 is 36.4 Å². The third-order valence-corrected chi connectivity index (χ3v) is 4.08. The molecule has 118 valence electrons. The lowest BCUT2D eigenvalue weighted by molar-refractivity contribution is 0.0909. The van der Waals surface area contributed by atoms with Gasteiger partial charge in [-0.15, -0.1) is 24.8 Å². The number of nitrogens with two attached hydrogens (primary N) is 1. The SMILES string of the molecule is Cl.Cl.Nc1cccc(C(=O)NC2CCN(C3CC3)CC2)c1. The second kappa shape index (κ2) is 7.87. The molecule has 1 aromatic rings. The van der Waals surface area contributed by atoms with Gasteiger partial charge in [-0.25, -0.2) is 0 Å². The van der Waals surface area contributed by atoms with Crippen LogP contribution < -0.4 is 11.1 Å². The summed E-state index contributed by atoms with van der Waals surface area (Å²) in [6.45, 7) is 2.24. The molecule has 1 saturated heterocycles. The minimum atomic E-state index is -0.00262. The molecule has 1 heterocycles. The number of amides is 1. The summed E-state index contributed by atoms with van der Waals surface area (Å²) in [5, 5.41) is 3.12. The third-order valence-electron chi connectivity index (χ3n) is 4.08. The van der Waals surface area contributed by atoms with Gasteiger partial charge in [-0.3, -0.25) is 4.79 Å². The van der Waals surface area contributed by atoms with Gasteiger partial charge in [-0.1, -0.05) is 6.07 Å². The molecule has 6 heteroatoms. The summed E-state index contributed by atoms with van der Waals surface area (Å²) in [7, 11) is 0. The van der Waals surface area contributed by atoms with Crippen LogP contribution in [0.1, 0.15) is 36.0 Å². The second-order valence-electron chi connectivity index (χ2n) is 5.64. The molecule has 0 unspecified atom stereocenters. The van der Waals surface area contributed by atoms with Crippen LogP contribution in [0.5, 0.6) is 0 Å². The van der Waals surface area contributed by atoms with Crippen molar-refractivity contribution < 1.29 is 4.79 Å². The van der Waals surface area contributed by atoms with Gasteiger partial charge in [-0.2, -0.15) is 0 Å². The summed E-state index contributed by atoms with van der Waals surface area (Å²) in [6.07, 6.45) is 4.84. The first kappa shape index (κ1) is 18.1.